The van der Waals surface area contributed by atoms with E-state index >= 15 is 0 Å². The molecule has 1 rings (SSSR count). The zero-order chi connectivity index (χ0) is 11.6. The smallest absolute Gasteiger partial charge is 0.341 e. The number of pyridine rings is 1. The summed E-state index contributed by atoms with van der Waals surface area (Å²) in [4.78, 5) is 22.5. The van der Waals surface area contributed by atoms with E-state index in [1.54, 1.807) is 17.8 Å². The molecule has 0 bridgehead atoms. The fourth-order valence-corrected chi connectivity index (χ4v) is 1.51. The van der Waals surface area contributed by atoms with Gasteiger partial charge < -0.3 is 9.67 Å². The van der Waals surface area contributed by atoms with Crippen LogP contribution in [0.3, 0.4) is 0 Å². The Morgan fingerprint density at radius 1 is 1.47 bits per heavy atom. The van der Waals surface area contributed by atoms with E-state index in [1.165, 1.54) is 6.20 Å². The minimum absolute atomic E-state index is 0.157. The number of aromatic carboxylic acids is 1. The second-order valence-corrected chi connectivity index (χ2v) is 4.09. The number of carbonyl (C=O) groups is 1. The van der Waals surface area contributed by atoms with E-state index in [4.69, 9.17) is 5.11 Å². The highest BCUT2D eigenvalue weighted by molar-refractivity contribution is 5.87. The van der Waals surface area contributed by atoms with Crippen molar-refractivity contribution in [1.82, 2.24) is 4.57 Å². The van der Waals surface area contributed by atoms with Crippen LogP contribution in [0.5, 0.6) is 0 Å². The third-order valence-corrected chi connectivity index (χ3v) is 2.09. The summed E-state index contributed by atoms with van der Waals surface area (Å²) in [6.45, 7) is 3.99. The third-order valence-electron chi connectivity index (χ3n) is 2.09. The number of hydrogen-bond acceptors (Lipinski definition) is 2. The molecule has 0 atom stereocenters. The van der Waals surface area contributed by atoms with Crippen LogP contribution in [0.1, 0.15) is 29.8 Å². The van der Waals surface area contributed by atoms with Gasteiger partial charge in [0, 0.05) is 25.0 Å². The molecule has 15 heavy (non-hydrogen) atoms. The number of carboxylic acids is 1. The van der Waals surface area contributed by atoms with Crippen LogP contribution < -0.4 is 5.43 Å². The highest BCUT2D eigenvalue weighted by Crippen LogP contribution is 2.04. The zero-order valence-corrected chi connectivity index (χ0v) is 9.15. The van der Waals surface area contributed by atoms with E-state index in [2.05, 4.69) is 0 Å². The summed E-state index contributed by atoms with van der Waals surface area (Å²) in [6, 6.07) is 0. The van der Waals surface area contributed by atoms with E-state index in [1.807, 2.05) is 13.8 Å². The van der Waals surface area contributed by atoms with Crippen molar-refractivity contribution in [2.75, 3.05) is 0 Å². The van der Waals surface area contributed by atoms with Crippen molar-refractivity contribution in [3.8, 4) is 0 Å². The van der Waals surface area contributed by atoms with Gasteiger partial charge in [0.25, 0.3) is 0 Å². The average molecular weight is 209 g/mol. The van der Waals surface area contributed by atoms with E-state index in [0.717, 1.165) is 0 Å². The maximum Gasteiger partial charge on any atom is 0.341 e. The third kappa shape index (κ3) is 2.68. The molecule has 0 aliphatic heterocycles. The molecule has 1 aromatic heterocycles. The van der Waals surface area contributed by atoms with Crippen LogP contribution >= 0.6 is 0 Å². The Morgan fingerprint density at radius 2 is 2.07 bits per heavy atom. The van der Waals surface area contributed by atoms with Gasteiger partial charge in [0.1, 0.15) is 5.56 Å². The van der Waals surface area contributed by atoms with Crippen molar-refractivity contribution in [3.63, 3.8) is 0 Å². The molecule has 4 nitrogen and oxygen atoms in total. The molecule has 1 aromatic rings. The van der Waals surface area contributed by atoms with Gasteiger partial charge in [-0.25, -0.2) is 4.79 Å². The molecule has 1 heterocycles. The maximum atomic E-state index is 11.7. The molecular weight excluding hydrogens is 194 g/mol. The molecule has 0 saturated carbocycles. The fourth-order valence-electron chi connectivity index (χ4n) is 1.51. The molecule has 4 heteroatoms. The van der Waals surface area contributed by atoms with Gasteiger partial charge in [-0.3, -0.25) is 4.79 Å². The average Bonchev–Trinajstić information content (AvgIpc) is 2.09. The van der Waals surface area contributed by atoms with Gasteiger partial charge in [0.15, 0.2) is 5.43 Å². The lowest BCUT2D eigenvalue weighted by Crippen LogP contribution is -2.22. The van der Waals surface area contributed by atoms with Crippen molar-refractivity contribution in [1.29, 1.82) is 0 Å². The Hall–Kier alpha value is -1.58. The first-order valence-electron chi connectivity index (χ1n) is 4.84. The summed E-state index contributed by atoms with van der Waals surface area (Å²) in [5, 5.41) is 8.84. The van der Waals surface area contributed by atoms with Crippen LogP contribution in [0.15, 0.2) is 17.2 Å². The number of rotatable bonds is 3. The van der Waals surface area contributed by atoms with Crippen LogP contribution in [0.25, 0.3) is 0 Å². The quantitative estimate of drug-likeness (QED) is 0.815. The van der Waals surface area contributed by atoms with Crippen LogP contribution in [0, 0.1) is 5.92 Å². The Labute approximate surface area is 88.2 Å². The van der Waals surface area contributed by atoms with Crippen molar-refractivity contribution in [3.05, 3.63) is 33.7 Å². The van der Waals surface area contributed by atoms with Crippen LogP contribution in [0.4, 0.5) is 0 Å². The molecule has 0 aromatic carbocycles. The van der Waals surface area contributed by atoms with Gasteiger partial charge in [-0.2, -0.15) is 0 Å². The van der Waals surface area contributed by atoms with Gasteiger partial charge in [-0.05, 0) is 12.3 Å². The lowest BCUT2D eigenvalue weighted by molar-refractivity contribution is 0.0694. The Morgan fingerprint density at radius 3 is 2.53 bits per heavy atom. The number of aromatic nitrogens is 1. The van der Waals surface area contributed by atoms with Gasteiger partial charge in [-0.15, -0.1) is 0 Å². The van der Waals surface area contributed by atoms with Gasteiger partial charge >= 0.3 is 5.97 Å². The SMILES string of the molecule is CC(C)Cc1cn(C)cc(C(=O)O)c1=O. The highest BCUT2D eigenvalue weighted by Gasteiger charge is 2.13. The molecule has 0 aliphatic carbocycles. The summed E-state index contributed by atoms with van der Waals surface area (Å²) in [5.41, 5.74) is 0.0392. The lowest BCUT2D eigenvalue weighted by atomic mass is 10.0. The first kappa shape index (κ1) is 11.5. The predicted molar refractivity (Wildman–Crippen MR) is 57.2 cm³/mol. The van der Waals surface area contributed by atoms with Gasteiger partial charge in [-0.1, -0.05) is 13.8 Å². The number of carboxylic acid groups (broad SMARTS) is 1. The molecule has 0 spiro atoms. The van der Waals surface area contributed by atoms with E-state index in [9.17, 15) is 9.59 Å². The van der Waals surface area contributed by atoms with Crippen LogP contribution in [-0.2, 0) is 13.5 Å². The van der Waals surface area contributed by atoms with Crippen molar-refractivity contribution in [2.24, 2.45) is 13.0 Å². The molecule has 0 aliphatic rings. The molecule has 0 fully saturated rings. The lowest BCUT2D eigenvalue weighted by Gasteiger charge is -2.07. The minimum atomic E-state index is -1.17. The second kappa shape index (κ2) is 4.29. The maximum absolute atomic E-state index is 11.7. The number of aryl methyl sites for hydroxylation is 1. The van der Waals surface area contributed by atoms with Crippen LogP contribution in [0.2, 0.25) is 0 Å². The first-order valence-corrected chi connectivity index (χ1v) is 4.84. The molecule has 1 N–H and O–H groups in total. The summed E-state index contributed by atoms with van der Waals surface area (Å²) in [5.74, 6) is -0.831. The highest BCUT2D eigenvalue weighted by atomic mass is 16.4. The molecular formula is C11H15NO3. The summed E-state index contributed by atoms with van der Waals surface area (Å²) in [6.07, 6.45) is 3.64. The molecule has 82 valence electrons. The Kier molecular flexibility index (Phi) is 3.29. The number of nitrogens with zero attached hydrogens (tertiary/aromatic N) is 1. The van der Waals surface area contributed by atoms with Crippen molar-refractivity contribution >= 4 is 5.97 Å². The van der Waals surface area contributed by atoms with Gasteiger partial charge in [0.05, 0.1) is 0 Å². The van der Waals surface area contributed by atoms with Crippen LogP contribution in [-0.4, -0.2) is 15.6 Å². The molecule has 0 radical (unpaired) electrons. The Balaban J connectivity index is 3.29. The second-order valence-electron chi connectivity index (χ2n) is 4.09. The summed E-state index contributed by atoms with van der Waals surface area (Å²) >= 11 is 0. The van der Waals surface area contributed by atoms with E-state index < -0.39 is 5.97 Å². The van der Waals surface area contributed by atoms with Crippen molar-refractivity contribution in [2.45, 2.75) is 20.3 Å². The Bertz CT molecular complexity index is 432. The number of hydrogen-bond donors (Lipinski definition) is 1. The summed E-state index contributed by atoms with van der Waals surface area (Å²) in [7, 11) is 1.72. The molecule has 0 saturated heterocycles. The van der Waals surface area contributed by atoms with E-state index in [-0.39, 0.29) is 11.0 Å². The molecule has 0 amide bonds. The normalized spacial score (nSPS) is 10.7. The monoisotopic (exact) mass is 209 g/mol. The summed E-state index contributed by atoms with van der Waals surface area (Å²) < 4.78 is 1.61. The zero-order valence-electron chi connectivity index (χ0n) is 9.15. The van der Waals surface area contributed by atoms with Crippen molar-refractivity contribution < 1.29 is 9.90 Å². The van der Waals surface area contributed by atoms with Gasteiger partial charge in [0.2, 0.25) is 0 Å². The first-order chi connectivity index (χ1) is 6.91. The fraction of sp³-hybridized carbons (Fsp3) is 0.455. The van der Waals surface area contributed by atoms with E-state index in [0.29, 0.717) is 17.9 Å². The largest absolute Gasteiger partial charge is 0.477 e. The topological polar surface area (TPSA) is 59.3 Å². The minimum Gasteiger partial charge on any atom is -0.477 e. The molecule has 0 unspecified atom stereocenters. The standard InChI is InChI=1S/C11H15NO3/c1-7(2)4-8-5-12(3)6-9(10(8)13)11(14)15/h5-7H,4H2,1-3H3,(H,14,15). The predicted octanol–water partition coefficient (Wildman–Crippen LogP) is 1.28.